The molecule has 0 aromatic carbocycles. The van der Waals surface area contributed by atoms with Crippen molar-refractivity contribution in [2.75, 3.05) is 0 Å². The average molecular weight is 285 g/mol. The van der Waals surface area contributed by atoms with E-state index >= 15 is 0 Å². The molecule has 0 spiro atoms. The van der Waals surface area contributed by atoms with Crippen molar-refractivity contribution in [3.8, 4) is 0 Å². The largest absolute Gasteiger partial charge is 0.345 e. The Bertz CT molecular complexity index is 573. The molecular formula is C18H27N3. The van der Waals surface area contributed by atoms with Gasteiger partial charge in [0.2, 0.25) is 0 Å². The van der Waals surface area contributed by atoms with Crippen LogP contribution in [0.5, 0.6) is 0 Å². The van der Waals surface area contributed by atoms with E-state index in [2.05, 4.69) is 11.9 Å². The second-order valence-corrected chi connectivity index (χ2v) is 9.00. The fraction of sp³-hybridized carbons (Fsp3) is 0.833. The second kappa shape index (κ2) is 3.92. The molecule has 0 saturated heterocycles. The fourth-order valence-electron chi connectivity index (χ4n) is 6.80. The van der Waals surface area contributed by atoms with Crippen LogP contribution in [-0.2, 0) is 11.8 Å². The zero-order chi connectivity index (χ0) is 14.2. The van der Waals surface area contributed by atoms with E-state index in [1.54, 1.807) is 0 Å². The van der Waals surface area contributed by atoms with Crippen LogP contribution in [0.2, 0.25) is 0 Å². The van der Waals surface area contributed by atoms with Crippen LogP contribution in [0, 0.1) is 17.3 Å². The van der Waals surface area contributed by atoms with Crippen molar-refractivity contribution < 1.29 is 0 Å². The molecule has 1 heterocycles. The lowest BCUT2D eigenvalue weighted by Crippen LogP contribution is -2.53. The summed E-state index contributed by atoms with van der Waals surface area (Å²) in [6.45, 7) is 2.54. The average Bonchev–Trinajstić information content (AvgIpc) is 2.82. The minimum absolute atomic E-state index is 0.170. The number of aromatic amines is 1. The molecule has 114 valence electrons. The smallest absolute Gasteiger partial charge is 0.112 e. The first-order valence-corrected chi connectivity index (χ1v) is 8.90. The van der Waals surface area contributed by atoms with Crippen LogP contribution in [0.15, 0.2) is 0 Å². The van der Waals surface area contributed by atoms with E-state index < -0.39 is 0 Å². The van der Waals surface area contributed by atoms with E-state index in [4.69, 9.17) is 10.7 Å². The number of rotatable bonds is 1. The van der Waals surface area contributed by atoms with E-state index in [1.165, 1.54) is 62.2 Å². The van der Waals surface area contributed by atoms with Crippen LogP contribution in [0.25, 0.3) is 0 Å². The normalized spacial score (nSPS) is 47.6. The quantitative estimate of drug-likeness (QED) is 0.828. The Labute approximate surface area is 127 Å². The summed E-state index contributed by atoms with van der Waals surface area (Å²) in [5, 5.41) is 0. The molecular weight excluding hydrogens is 258 g/mol. The molecule has 6 rings (SSSR count). The molecule has 4 fully saturated rings. The molecule has 21 heavy (non-hydrogen) atoms. The summed E-state index contributed by atoms with van der Waals surface area (Å²) >= 11 is 0. The third-order valence-electron chi connectivity index (χ3n) is 6.96. The number of hydrogen-bond donors (Lipinski definition) is 2. The monoisotopic (exact) mass is 285 g/mol. The van der Waals surface area contributed by atoms with Crippen molar-refractivity contribution in [3.63, 3.8) is 0 Å². The lowest BCUT2D eigenvalue weighted by molar-refractivity contribution is -0.0646. The van der Waals surface area contributed by atoms with Crippen LogP contribution in [0.1, 0.15) is 81.5 Å². The number of nitrogens with zero attached hydrogens (tertiary/aromatic N) is 1. The topological polar surface area (TPSA) is 54.7 Å². The molecule has 0 radical (unpaired) electrons. The fourth-order valence-corrected chi connectivity index (χ4v) is 6.80. The standard InChI is InChI=1S/C18H27N3/c1-17-6-11-5-12(7-17)9-18(8-11,10-17)16-20-14-4-2-3-13(19)15(14)21-16/h11-13H,2-10,19H2,1H3,(H,20,21). The first kappa shape index (κ1) is 12.7. The Kier molecular flexibility index (Phi) is 2.37. The predicted molar refractivity (Wildman–Crippen MR) is 82.9 cm³/mol. The number of H-pyrrole nitrogens is 1. The van der Waals surface area contributed by atoms with Crippen molar-refractivity contribution in [3.05, 3.63) is 17.2 Å². The molecule has 5 aliphatic carbocycles. The van der Waals surface area contributed by atoms with E-state index in [0.29, 0.717) is 10.8 Å². The molecule has 4 saturated carbocycles. The van der Waals surface area contributed by atoms with Crippen LogP contribution < -0.4 is 5.73 Å². The van der Waals surface area contributed by atoms with Gasteiger partial charge in [-0.2, -0.15) is 0 Å². The minimum atomic E-state index is 0.170. The van der Waals surface area contributed by atoms with Gasteiger partial charge in [-0.25, -0.2) is 4.98 Å². The molecule has 3 nitrogen and oxygen atoms in total. The van der Waals surface area contributed by atoms with E-state index in [0.717, 1.165) is 24.7 Å². The minimum Gasteiger partial charge on any atom is -0.345 e. The number of hydrogen-bond acceptors (Lipinski definition) is 2. The summed E-state index contributed by atoms with van der Waals surface area (Å²) in [6.07, 6.45) is 12.0. The van der Waals surface area contributed by atoms with Gasteiger partial charge in [0.05, 0.1) is 5.69 Å². The van der Waals surface area contributed by atoms with E-state index in [1.807, 2.05) is 0 Å². The van der Waals surface area contributed by atoms with Crippen molar-refractivity contribution >= 4 is 0 Å². The number of nitrogens with two attached hydrogens (primary N) is 1. The molecule has 4 bridgehead atoms. The maximum absolute atomic E-state index is 6.29. The Balaban J connectivity index is 1.58. The zero-order valence-corrected chi connectivity index (χ0v) is 13.1. The van der Waals surface area contributed by atoms with Gasteiger partial charge >= 0.3 is 0 Å². The first-order chi connectivity index (χ1) is 10.1. The number of fused-ring (bicyclic) bond motifs is 1. The number of nitrogens with one attached hydrogen (secondary N) is 1. The molecule has 3 heteroatoms. The SMILES string of the molecule is CC12CC3CC(C1)CC(c1nc4c([nH]1)CCCC4N)(C3)C2. The second-order valence-electron chi connectivity index (χ2n) is 9.00. The molecule has 3 unspecified atom stereocenters. The van der Waals surface area contributed by atoms with Gasteiger partial charge in [0.15, 0.2) is 0 Å². The lowest BCUT2D eigenvalue weighted by atomic mass is 9.44. The van der Waals surface area contributed by atoms with Gasteiger partial charge in [0.25, 0.3) is 0 Å². The molecule has 5 aliphatic rings. The van der Waals surface area contributed by atoms with Gasteiger partial charge in [-0.1, -0.05) is 6.92 Å². The lowest BCUT2D eigenvalue weighted by Gasteiger charge is -2.60. The summed E-state index contributed by atoms with van der Waals surface area (Å²) < 4.78 is 0. The maximum atomic E-state index is 6.29. The summed E-state index contributed by atoms with van der Waals surface area (Å²) in [5.74, 6) is 3.21. The van der Waals surface area contributed by atoms with E-state index in [-0.39, 0.29) is 6.04 Å². The van der Waals surface area contributed by atoms with Gasteiger partial charge in [-0.05, 0) is 75.0 Å². The third-order valence-corrected chi connectivity index (χ3v) is 6.96. The maximum Gasteiger partial charge on any atom is 0.112 e. The summed E-state index contributed by atoms with van der Waals surface area (Å²) in [5.41, 5.74) is 9.78. The highest BCUT2D eigenvalue weighted by molar-refractivity contribution is 5.28. The van der Waals surface area contributed by atoms with Crippen molar-refractivity contribution in [2.45, 2.75) is 76.2 Å². The highest BCUT2D eigenvalue weighted by atomic mass is 15.0. The Morgan fingerprint density at radius 1 is 1.19 bits per heavy atom. The summed E-state index contributed by atoms with van der Waals surface area (Å²) in [7, 11) is 0. The zero-order valence-electron chi connectivity index (χ0n) is 13.1. The molecule has 3 N–H and O–H groups in total. The first-order valence-electron chi connectivity index (χ1n) is 8.90. The highest BCUT2D eigenvalue weighted by Crippen LogP contribution is 2.65. The molecule has 1 aromatic heterocycles. The van der Waals surface area contributed by atoms with Gasteiger partial charge in [-0.3, -0.25) is 0 Å². The Hall–Kier alpha value is -0.830. The van der Waals surface area contributed by atoms with Crippen LogP contribution in [0.3, 0.4) is 0 Å². The van der Waals surface area contributed by atoms with Gasteiger partial charge in [-0.15, -0.1) is 0 Å². The molecule has 0 amide bonds. The number of aryl methyl sites for hydroxylation is 1. The highest BCUT2D eigenvalue weighted by Gasteiger charge is 2.57. The van der Waals surface area contributed by atoms with Crippen LogP contribution >= 0.6 is 0 Å². The predicted octanol–water partition coefficient (Wildman–Crippen LogP) is 3.60. The van der Waals surface area contributed by atoms with Crippen LogP contribution in [0.4, 0.5) is 0 Å². The number of imidazole rings is 1. The molecule has 3 atom stereocenters. The summed E-state index contributed by atoms with van der Waals surface area (Å²) in [6, 6.07) is 0.170. The number of aromatic nitrogens is 2. The third kappa shape index (κ3) is 1.73. The van der Waals surface area contributed by atoms with Gasteiger partial charge in [0, 0.05) is 17.2 Å². The van der Waals surface area contributed by atoms with Crippen molar-refractivity contribution in [1.82, 2.24) is 9.97 Å². The Morgan fingerprint density at radius 2 is 1.95 bits per heavy atom. The van der Waals surface area contributed by atoms with Crippen molar-refractivity contribution in [1.29, 1.82) is 0 Å². The molecule has 1 aromatic rings. The Morgan fingerprint density at radius 3 is 2.62 bits per heavy atom. The van der Waals surface area contributed by atoms with Gasteiger partial charge in [0.1, 0.15) is 5.82 Å². The van der Waals surface area contributed by atoms with Gasteiger partial charge < -0.3 is 10.7 Å². The summed E-state index contributed by atoms with van der Waals surface area (Å²) in [4.78, 5) is 8.82. The van der Waals surface area contributed by atoms with E-state index in [9.17, 15) is 0 Å². The molecule has 0 aliphatic heterocycles. The van der Waals surface area contributed by atoms with Crippen LogP contribution in [-0.4, -0.2) is 9.97 Å². The van der Waals surface area contributed by atoms with Crippen molar-refractivity contribution in [2.24, 2.45) is 23.0 Å².